The van der Waals surface area contributed by atoms with Gasteiger partial charge in [-0.2, -0.15) is 0 Å². The van der Waals surface area contributed by atoms with E-state index in [1.807, 2.05) is 0 Å². The first-order valence-electron chi connectivity index (χ1n) is 1.33. The zero-order valence-electron chi connectivity index (χ0n) is 6.68. The van der Waals surface area contributed by atoms with Crippen molar-refractivity contribution in [3.8, 4) is 0 Å². The van der Waals surface area contributed by atoms with Gasteiger partial charge in [0.25, 0.3) is 0 Å². The summed E-state index contributed by atoms with van der Waals surface area (Å²) in [5.41, 5.74) is 0. The van der Waals surface area contributed by atoms with Crippen molar-refractivity contribution in [3.63, 3.8) is 0 Å². The fourth-order valence-corrected chi connectivity index (χ4v) is 0. The second-order valence-electron chi connectivity index (χ2n) is 0.816. The molecular weight excluding hydrogens is 323 g/mol. The van der Waals surface area contributed by atoms with Crippen LogP contribution in [0.25, 0.3) is 0 Å². The van der Waals surface area contributed by atoms with Crippen LogP contribution in [0.3, 0.4) is 0 Å². The van der Waals surface area contributed by atoms with Crippen molar-refractivity contribution < 1.29 is 67.7 Å². The number of hydrogen-bond donors (Lipinski definition) is 0. The van der Waals surface area contributed by atoms with Gasteiger partial charge >= 0.3 is 62.1 Å². The molecule has 0 aliphatic heterocycles. The van der Waals surface area contributed by atoms with Crippen molar-refractivity contribution in [1.82, 2.24) is 0 Å². The van der Waals surface area contributed by atoms with Gasteiger partial charge in [0.15, 0.2) is 0 Å². The van der Waals surface area contributed by atoms with Gasteiger partial charge in [-0.15, -0.1) is 0 Å². The van der Waals surface area contributed by atoms with E-state index < -0.39 is 20.8 Å². The summed E-state index contributed by atoms with van der Waals surface area (Å²) in [6.07, 6.45) is 0. The molecule has 80 valence electrons. The molecule has 0 atom stereocenters. The standard InChI is InChI=1S/Al.Mg.2H2O4S.2O.Ti/c;;2*1-5(2,3)4;;;/h;;2*(H2,1,2,3,4);;;/q+3;+2;;;2*-2;+4/p-4. The molecule has 0 bridgehead atoms. The molecule has 0 heterocycles. The van der Waals surface area contributed by atoms with E-state index in [1.165, 1.54) is 0 Å². The van der Waals surface area contributed by atoms with Gasteiger partial charge in [0, 0.05) is 20.8 Å². The van der Waals surface area contributed by atoms with E-state index in [2.05, 4.69) is 0 Å². The minimum atomic E-state index is -5.17. The first-order valence-corrected chi connectivity index (χ1v) is 4.00. The maximum absolute atomic E-state index is 8.52. The van der Waals surface area contributed by atoms with Crippen molar-refractivity contribution in [2.24, 2.45) is 0 Å². The average molecular weight is 323 g/mol. The van der Waals surface area contributed by atoms with Gasteiger partial charge < -0.3 is 29.2 Å². The summed E-state index contributed by atoms with van der Waals surface area (Å²) >= 11 is 0. The molecule has 15 heavy (non-hydrogen) atoms. The summed E-state index contributed by atoms with van der Waals surface area (Å²) in [6.45, 7) is 0. The smallest absolute Gasteiger partial charge is 2.00 e. The van der Waals surface area contributed by atoms with Crippen LogP contribution in [0.5, 0.6) is 0 Å². The Bertz CT molecular complexity index is 220. The van der Waals surface area contributed by atoms with E-state index in [1.54, 1.807) is 0 Å². The van der Waals surface area contributed by atoms with Crippen LogP contribution >= 0.6 is 0 Å². The quantitative estimate of drug-likeness (QED) is 0.245. The molecule has 0 aromatic heterocycles. The Morgan fingerprint density at radius 3 is 0.667 bits per heavy atom. The molecule has 0 saturated carbocycles. The van der Waals surface area contributed by atoms with Gasteiger partial charge in [-0.05, 0) is 0 Å². The molecule has 0 amide bonds. The monoisotopic (exact) mass is 323 g/mol. The normalized spacial score (nSPS) is 7.73. The minimum absolute atomic E-state index is 0. The summed E-state index contributed by atoms with van der Waals surface area (Å²) in [4.78, 5) is 0. The molecule has 10 nitrogen and oxygen atoms in total. The summed E-state index contributed by atoms with van der Waals surface area (Å²) in [5.74, 6) is 0. The molecule has 0 unspecified atom stereocenters. The Hall–Kier alpha value is 1.67. The maximum Gasteiger partial charge on any atom is 4.00 e. The van der Waals surface area contributed by atoms with Crippen molar-refractivity contribution in [2.45, 2.75) is 0 Å². The Morgan fingerprint density at radius 1 is 0.667 bits per heavy atom. The third kappa shape index (κ3) is 1050. The van der Waals surface area contributed by atoms with Crippen molar-refractivity contribution in [2.75, 3.05) is 0 Å². The molecule has 0 rings (SSSR count). The largest absolute Gasteiger partial charge is 4.00 e. The van der Waals surface area contributed by atoms with Gasteiger partial charge in [-0.1, -0.05) is 0 Å². The first kappa shape index (κ1) is 43.8. The third-order valence-corrected chi connectivity index (χ3v) is 0. The summed E-state index contributed by atoms with van der Waals surface area (Å²) in [5, 5.41) is 0. The summed E-state index contributed by atoms with van der Waals surface area (Å²) < 4.78 is 68.2. The van der Waals surface area contributed by atoms with Crippen LogP contribution in [-0.4, -0.2) is 75.5 Å². The fraction of sp³-hybridized carbons (Fsp3) is 0. The first-order chi connectivity index (χ1) is 4.00. The third-order valence-electron chi connectivity index (χ3n) is 0. The van der Waals surface area contributed by atoms with Gasteiger partial charge in [0.05, 0.1) is 0 Å². The zero-order chi connectivity index (χ0) is 9.00. The molecule has 0 aliphatic rings. The number of rotatable bonds is 0. The van der Waals surface area contributed by atoms with Crippen molar-refractivity contribution >= 4 is 61.2 Å². The molecule has 0 N–H and O–H groups in total. The summed E-state index contributed by atoms with van der Waals surface area (Å²) in [7, 11) is -10.3. The average Bonchev–Trinajstić information content (AvgIpc) is 1.12. The Kier molecular flexibility index (Phi) is 52.7. The molecule has 0 aromatic rings. The number of hydrogen-bond acceptors (Lipinski definition) is 8. The van der Waals surface area contributed by atoms with E-state index in [0.29, 0.717) is 0 Å². The Morgan fingerprint density at radius 2 is 0.667 bits per heavy atom. The van der Waals surface area contributed by atoms with Crippen LogP contribution in [-0.2, 0) is 53.5 Å². The van der Waals surface area contributed by atoms with E-state index >= 15 is 0 Å². The van der Waals surface area contributed by atoms with Crippen LogP contribution in [0.2, 0.25) is 0 Å². The molecule has 0 aromatic carbocycles. The van der Waals surface area contributed by atoms with E-state index in [4.69, 9.17) is 35.0 Å². The van der Waals surface area contributed by atoms with Crippen LogP contribution < -0.4 is 0 Å². The van der Waals surface area contributed by atoms with E-state index in [-0.39, 0.29) is 73.1 Å². The van der Waals surface area contributed by atoms with E-state index in [9.17, 15) is 0 Å². The molecule has 0 radical (unpaired) electrons. The van der Waals surface area contributed by atoms with Crippen LogP contribution in [0.1, 0.15) is 0 Å². The minimum Gasteiger partial charge on any atom is -2.00 e. The van der Waals surface area contributed by atoms with Gasteiger partial charge in [-0.25, -0.2) is 0 Å². The molecule has 15 heteroatoms. The fourth-order valence-electron chi connectivity index (χ4n) is 0. The molecule has 0 fully saturated rings. The van der Waals surface area contributed by atoms with Crippen LogP contribution in [0.15, 0.2) is 0 Å². The second-order valence-corrected chi connectivity index (χ2v) is 2.45. The van der Waals surface area contributed by atoms with Crippen molar-refractivity contribution in [3.05, 3.63) is 0 Å². The Labute approximate surface area is 128 Å². The van der Waals surface area contributed by atoms with E-state index in [0.717, 1.165) is 0 Å². The predicted octanol–water partition coefficient (Wildman–Crippen LogP) is -3.68. The van der Waals surface area contributed by atoms with Gasteiger partial charge in [-0.3, -0.25) is 16.8 Å². The predicted molar refractivity (Wildman–Crippen MR) is 33.8 cm³/mol. The SMILES string of the molecule is O=S(=O)([O-])[O-].O=S(=O)([O-])[O-].[Al+3].[Mg+2].[O-2].[O-2].[Ti+4]. The summed E-state index contributed by atoms with van der Waals surface area (Å²) in [6, 6.07) is 0. The second kappa shape index (κ2) is 18.0. The molecule has 0 spiro atoms. The Balaban J connectivity index is -0.0000000128. The van der Waals surface area contributed by atoms with Gasteiger partial charge in [0.2, 0.25) is 0 Å². The van der Waals surface area contributed by atoms with Crippen molar-refractivity contribution in [1.29, 1.82) is 0 Å². The topological polar surface area (TPSA) is 218 Å². The van der Waals surface area contributed by atoms with Crippen LogP contribution in [0.4, 0.5) is 0 Å². The zero-order valence-corrected chi connectivity index (χ0v) is 12.4. The molecule has 0 aliphatic carbocycles. The maximum atomic E-state index is 8.52. The molecular formula is AlMgO10S2Ti+. The van der Waals surface area contributed by atoms with Gasteiger partial charge in [0.1, 0.15) is 0 Å². The van der Waals surface area contributed by atoms with Crippen LogP contribution in [0, 0.1) is 0 Å². The molecule has 0 saturated heterocycles.